The Kier molecular flexibility index (Phi) is 6.02. The second-order valence-corrected chi connectivity index (χ2v) is 8.55. The van der Waals surface area contributed by atoms with Crippen LogP contribution in [-0.2, 0) is 19.1 Å². The zero-order valence-corrected chi connectivity index (χ0v) is 16.9. The first-order valence-corrected chi connectivity index (χ1v) is 10.3. The number of nitrogens with one attached hydrogen (secondary N) is 1. The second-order valence-electron chi connectivity index (χ2n) is 7.33. The number of hydrogen-bond acceptors (Lipinski definition) is 6. The van der Waals surface area contributed by atoms with Gasteiger partial charge in [-0.2, -0.15) is 0 Å². The number of amides is 3. The van der Waals surface area contributed by atoms with Crippen LogP contribution in [0, 0.1) is 19.8 Å². The van der Waals surface area contributed by atoms with Crippen molar-refractivity contribution in [2.75, 3.05) is 18.5 Å². The molecule has 1 saturated carbocycles. The van der Waals surface area contributed by atoms with Gasteiger partial charge < -0.3 is 20.7 Å². The van der Waals surface area contributed by atoms with Crippen molar-refractivity contribution in [1.29, 1.82) is 0 Å². The van der Waals surface area contributed by atoms with E-state index in [1.54, 1.807) is 6.92 Å². The number of likely N-dealkylation sites (tertiary alicyclic amines) is 1. The zero-order valence-electron chi connectivity index (χ0n) is 16.1. The van der Waals surface area contributed by atoms with E-state index in [0.29, 0.717) is 18.0 Å². The summed E-state index contributed by atoms with van der Waals surface area (Å²) < 4.78 is 5.24. The maximum Gasteiger partial charge on any atom is 0.341 e. The quantitative estimate of drug-likeness (QED) is 0.696. The minimum Gasteiger partial charge on any atom is -0.452 e. The largest absolute Gasteiger partial charge is 0.452 e. The standard InChI is InChI=1S/C19H25N3O5S/c1-10-11(2)28-18(21-17(25)12-6-7-12)15(10)19(26)27-9-14(23)22-8-4-3-5-13(22)16(20)24/h12-13H,3-9H2,1-2H3,(H2,20,24)(H,21,25)/t13-/m0/s1. The number of rotatable bonds is 6. The molecule has 152 valence electrons. The molecule has 0 spiro atoms. The molecule has 1 saturated heterocycles. The van der Waals surface area contributed by atoms with Crippen molar-refractivity contribution in [3.8, 4) is 0 Å². The van der Waals surface area contributed by atoms with Crippen LogP contribution in [0.5, 0.6) is 0 Å². The third-order valence-corrected chi connectivity index (χ3v) is 6.38. The molecule has 28 heavy (non-hydrogen) atoms. The van der Waals surface area contributed by atoms with Crippen molar-refractivity contribution in [1.82, 2.24) is 4.90 Å². The maximum atomic E-state index is 12.6. The van der Waals surface area contributed by atoms with Crippen molar-refractivity contribution in [3.63, 3.8) is 0 Å². The molecule has 8 nitrogen and oxygen atoms in total. The Balaban J connectivity index is 1.66. The van der Waals surface area contributed by atoms with Gasteiger partial charge in [0.15, 0.2) is 6.61 Å². The van der Waals surface area contributed by atoms with Crippen LogP contribution in [-0.4, -0.2) is 47.8 Å². The Morgan fingerprint density at radius 2 is 1.89 bits per heavy atom. The van der Waals surface area contributed by atoms with Crippen LogP contribution in [0.1, 0.15) is 52.9 Å². The number of primary amides is 1. The number of hydrogen-bond donors (Lipinski definition) is 2. The summed E-state index contributed by atoms with van der Waals surface area (Å²) in [4.78, 5) is 51.0. The van der Waals surface area contributed by atoms with Gasteiger partial charge in [0.1, 0.15) is 11.0 Å². The lowest BCUT2D eigenvalue weighted by Gasteiger charge is -2.33. The summed E-state index contributed by atoms with van der Waals surface area (Å²) >= 11 is 1.32. The summed E-state index contributed by atoms with van der Waals surface area (Å²) in [6.07, 6.45) is 3.86. The molecular weight excluding hydrogens is 382 g/mol. The topological polar surface area (TPSA) is 119 Å². The smallest absolute Gasteiger partial charge is 0.341 e. The molecule has 1 aromatic heterocycles. The SMILES string of the molecule is Cc1sc(NC(=O)C2CC2)c(C(=O)OCC(=O)N2CCCC[C@H]2C(N)=O)c1C. The molecule has 3 amide bonds. The highest BCUT2D eigenvalue weighted by Crippen LogP contribution is 2.36. The van der Waals surface area contributed by atoms with Crippen LogP contribution in [0.2, 0.25) is 0 Å². The first kappa shape index (κ1) is 20.3. The lowest BCUT2D eigenvalue weighted by atomic mass is 10.0. The third kappa shape index (κ3) is 4.35. The number of nitrogens with zero attached hydrogens (tertiary/aromatic N) is 1. The van der Waals surface area contributed by atoms with Crippen LogP contribution in [0.4, 0.5) is 5.00 Å². The summed E-state index contributed by atoms with van der Waals surface area (Å²) in [5.74, 6) is -1.73. The number of piperidine rings is 1. The predicted octanol–water partition coefficient (Wildman–Crippen LogP) is 1.74. The van der Waals surface area contributed by atoms with E-state index in [1.165, 1.54) is 16.2 Å². The van der Waals surface area contributed by atoms with Crippen molar-refractivity contribution in [3.05, 3.63) is 16.0 Å². The van der Waals surface area contributed by atoms with E-state index in [0.717, 1.165) is 36.1 Å². The minimum atomic E-state index is -0.658. The monoisotopic (exact) mass is 407 g/mol. The zero-order chi connectivity index (χ0) is 20.4. The van der Waals surface area contributed by atoms with Gasteiger partial charge in [-0.05, 0) is 51.5 Å². The summed E-state index contributed by atoms with van der Waals surface area (Å²) in [6, 6.07) is -0.654. The molecule has 3 N–H and O–H groups in total. The molecular formula is C19H25N3O5S. The molecule has 9 heteroatoms. The minimum absolute atomic E-state index is 0.0120. The van der Waals surface area contributed by atoms with Gasteiger partial charge in [-0.15, -0.1) is 11.3 Å². The molecule has 0 bridgehead atoms. The average Bonchev–Trinajstić information content (AvgIpc) is 3.47. The van der Waals surface area contributed by atoms with Crippen LogP contribution >= 0.6 is 11.3 Å². The molecule has 2 heterocycles. The number of ether oxygens (including phenoxy) is 1. The molecule has 1 atom stereocenters. The summed E-state index contributed by atoms with van der Waals surface area (Å²) in [5, 5.41) is 3.27. The van der Waals surface area contributed by atoms with E-state index in [-0.39, 0.29) is 17.4 Å². The first-order chi connectivity index (χ1) is 13.3. The lowest BCUT2D eigenvalue weighted by molar-refractivity contribution is -0.143. The number of nitrogens with two attached hydrogens (primary N) is 1. The lowest BCUT2D eigenvalue weighted by Crippen LogP contribution is -2.51. The molecule has 1 aliphatic carbocycles. The number of aryl methyl sites for hydroxylation is 1. The van der Waals surface area contributed by atoms with Crippen LogP contribution in [0.15, 0.2) is 0 Å². The fraction of sp³-hybridized carbons (Fsp3) is 0.579. The molecule has 1 aromatic rings. The van der Waals surface area contributed by atoms with Crippen LogP contribution in [0.3, 0.4) is 0 Å². The van der Waals surface area contributed by atoms with E-state index in [4.69, 9.17) is 10.5 Å². The highest BCUT2D eigenvalue weighted by molar-refractivity contribution is 7.16. The number of thiophene rings is 1. The number of esters is 1. The Bertz CT molecular complexity index is 815. The molecule has 2 fully saturated rings. The Labute approximate surface area is 167 Å². The number of carbonyl (C=O) groups excluding carboxylic acids is 4. The number of anilines is 1. The van der Waals surface area contributed by atoms with Crippen LogP contribution < -0.4 is 11.1 Å². The molecule has 3 rings (SSSR count). The van der Waals surface area contributed by atoms with Gasteiger partial charge in [0.2, 0.25) is 11.8 Å². The Morgan fingerprint density at radius 3 is 2.54 bits per heavy atom. The summed E-state index contributed by atoms with van der Waals surface area (Å²) in [6.45, 7) is 3.60. The summed E-state index contributed by atoms with van der Waals surface area (Å²) in [5.41, 5.74) is 6.39. The predicted molar refractivity (Wildman–Crippen MR) is 104 cm³/mol. The van der Waals surface area contributed by atoms with Gasteiger partial charge in [0.05, 0.1) is 5.56 Å². The van der Waals surface area contributed by atoms with E-state index in [1.807, 2.05) is 6.92 Å². The second kappa shape index (κ2) is 8.30. The van der Waals surface area contributed by atoms with Crippen molar-refractivity contribution in [2.45, 2.75) is 52.0 Å². The van der Waals surface area contributed by atoms with Gasteiger partial charge >= 0.3 is 5.97 Å². The Morgan fingerprint density at radius 1 is 1.18 bits per heavy atom. The highest BCUT2D eigenvalue weighted by atomic mass is 32.1. The van der Waals surface area contributed by atoms with Crippen molar-refractivity contribution < 1.29 is 23.9 Å². The molecule has 0 unspecified atom stereocenters. The van der Waals surface area contributed by atoms with Crippen LogP contribution in [0.25, 0.3) is 0 Å². The van der Waals surface area contributed by atoms with Gasteiger partial charge in [0, 0.05) is 17.3 Å². The highest BCUT2D eigenvalue weighted by Gasteiger charge is 2.33. The van der Waals surface area contributed by atoms with E-state index in [9.17, 15) is 19.2 Å². The third-order valence-electron chi connectivity index (χ3n) is 5.25. The number of carbonyl (C=O) groups is 4. The van der Waals surface area contributed by atoms with Gasteiger partial charge in [-0.3, -0.25) is 14.4 Å². The first-order valence-electron chi connectivity index (χ1n) is 9.46. The average molecular weight is 407 g/mol. The maximum absolute atomic E-state index is 12.6. The normalized spacial score (nSPS) is 19.2. The van der Waals surface area contributed by atoms with E-state index in [2.05, 4.69) is 5.32 Å². The van der Waals surface area contributed by atoms with Crippen molar-refractivity contribution in [2.24, 2.45) is 11.7 Å². The summed E-state index contributed by atoms with van der Waals surface area (Å²) in [7, 11) is 0. The van der Waals surface area contributed by atoms with E-state index < -0.39 is 30.4 Å². The van der Waals surface area contributed by atoms with Crippen molar-refractivity contribution >= 4 is 40.0 Å². The van der Waals surface area contributed by atoms with E-state index >= 15 is 0 Å². The fourth-order valence-corrected chi connectivity index (χ4v) is 4.38. The molecule has 0 aromatic carbocycles. The molecule has 2 aliphatic rings. The molecule has 1 aliphatic heterocycles. The van der Waals surface area contributed by atoms with Gasteiger partial charge in [-0.25, -0.2) is 4.79 Å². The van der Waals surface area contributed by atoms with Gasteiger partial charge in [0.25, 0.3) is 5.91 Å². The Hall–Kier alpha value is -2.42. The fourth-order valence-electron chi connectivity index (χ4n) is 3.33. The van der Waals surface area contributed by atoms with Gasteiger partial charge in [-0.1, -0.05) is 0 Å². The molecule has 0 radical (unpaired) electrons.